The second kappa shape index (κ2) is 14.6. The molecule has 5 heteroatoms. The molecule has 1 atom stereocenters. The van der Waals surface area contributed by atoms with Crippen molar-refractivity contribution in [3.8, 4) is 22.3 Å². The quantitative estimate of drug-likeness (QED) is 0.164. The van der Waals surface area contributed by atoms with Crippen LogP contribution >= 0.6 is 34.0 Å². The molecule has 0 aliphatic heterocycles. The van der Waals surface area contributed by atoms with Gasteiger partial charge in [0.15, 0.2) is 0 Å². The summed E-state index contributed by atoms with van der Waals surface area (Å²) in [6, 6.07) is 86.1. The molecule has 0 radical (unpaired) electrons. The molecule has 10 aromatic carbocycles. The molecule has 1 unspecified atom stereocenters. The van der Waals surface area contributed by atoms with Crippen LogP contribution in [0.2, 0.25) is 0 Å². The molecular formula is C63H38N2S3. The van der Waals surface area contributed by atoms with Crippen LogP contribution in [0.3, 0.4) is 0 Å². The summed E-state index contributed by atoms with van der Waals surface area (Å²) in [4.78, 5) is 6.33. The van der Waals surface area contributed by atoms with Gasteiger partial charge in [0.1, 0.15) is 0 Å². The van der Waals surface area contributed by atoms with Crippen molar-refractivity contribution in [1.82, 2.24) is 0 Å². The van der Waals surface area contributed by atoms with Crippen LogP contribution in [0.25, 0.3) is 72.7 Å². The van der Waals surface area contributed by atoms with E-state index in [1.165, 1.54) is 99.9 Å². The van der Waals surface area contributed by atoms with E-state index in [-0.39, 0.29) is 0 Å². The lowest BCUT2D eigenvalue weighted by atomic mass is 9.73. The Morgan fingerprint density at radius 3 is 1.65 bits per heavy atom. The number of para-hydroxylation sites is 2. The highest BCUT2D eigenvalue weighted by Crippen LogP contribution is 2.67. The highest BCUT2D eigenvalue weighted by molar-refractivity contribution is 7.26. The van der Waals surface area contributed by atoms with E-state index in [9.17, 15) is 0 Å². The third-order valence-corrected chi connectivity index (χ3v) is 18.1. The summed E-state index contributed by atoms with van der Waals surface area (Å²) >= 11 is 5.71. The number of thiophene rings is 3. The molecule has 0 saturated heterocycles. The van der Waals surface area contributed by atoms with Crippen molar-refractivity contribution in [3.63, 3.8) is 0 Å². The first-order valence-electron chi connectivity index (χ1n) is 23.2. The third-order valence-electron chi connectivity index (χ3n) is 14.4. The minimum absolute atomic E-state index is 0.535. The lowest BCUT2D eigenvalue weighted by Crippen LogP contribution is -2.25. The lowest BCUT2D eigenvalue weighted by molar-refractivity contribution is 0.811. The molecule has 1 spiro atoms. The largest absolute Gasteiger partial charge is 0.310 e. The van der Waals surface area contributed by atoms with Gasteiger partial charge in [0, 0.05) is 84.6 Å². The zero-order valence-electron chi connectivity index (χ0n) is 36.6. The molecule has 3 heterocycles. The van der Waals surface area contributed by atoms with Crippen LogP contribution in [0, 0.1) is 0 Å². The van der Waals surface area contributed by atoms with E-state index >= 15 is 0 Å². The van der Waals surface area contributed by atoms with Crippen molar-refractivity contribution in [2.24, 2.45) is 0 Å². The SMILES string of the molecule is c1ccc(N(c2ccc3c(c2)-c2ccccc2C32c3cc(N(c4ccccc4)c4cccc5c4sc4ccccc45)ccc3-c3c2sc2ccccc32)c2ccc3sc4ccccc4c3c2)cc1. The first-order valence-corrected chi connectivity index (χ1v) is 25.6. The molecule has 318 valence electrons. The summed E-state index contributed by atoms with van der Waals surface area (Å²) in [6.45, 7) is 0. The fraction of sp³-hybridized carbons (Fsp3) is 0.0159. The van der Waals surface area contributed by atoms with Crippen LogP contribution in [0.1, 0.15) is 21.6 Å². The van der Waals surface area contributed by atoms with Gasteiger partial charge >= 0.3 is 0 Å². The monoisotopic (exact) mass is 918 g/mol. The predicted octanol–water partition coefficient (Wildman–Crippen LogP) is 18.9. The van der Waals surface area contributed by atoms with Crippen LogP contribution in [0.15, 0.2) is 231 Å². The predicted molar refractivity (Wildman–Crippen MR) is 293 cm³/mol. The van der Waals surface area contributed by atoms with E-state index in [0.717, 1.165) is 28.4 Å². The molecule has 68 heavy (non-hydrogen) atoms. The van der Waals surface area contributed by atoms with Gasteiger partial charge in [-0.2, -0.15) is 0 Å². The van der Waals surface area contributed by atoms with Crippen molar-refractivity contribution in [1.29, 1.82) is 0 Å². The highest BCUT2D eigenvalue weighted by Gasteiger charge is 2.54. The maximum absolute atomic E-state index is 2.53. The van der Waals surface area contributed by atoms with Gasteiger partial charge in [-0.25, -0.2) is 0 Å². The van der Waals surface area contributed by atoms with E-state index in [1.54, 1.807) is 0 Å². The Kier molecular flexibility index (Phi) is 8.23. The Labute approximate surface area is 405 Å². The molecule has 0 fully saturated rings. The second-order valence-corrected chi connectivity index (χ2v) is 21.1. The van der Waals surface area contributed by atoms with Gasteiger partial charge in [-0.1, -0.05) is 140 Å². The molecule has 15 rings (SSSR count). The summed E-state index contributed by atoms with van der Waals surface area (Å²) in [5.41, 5.74) is 15.6. The maximum Gasteiger partial charge on any atom is 0.0820 e. The van der Waals surface area contributed by atoms with Gasteiger partial charge in [0.25, 0.3) is 0 Å². The molecule has 0 saturated carbocycles. The number of nitrogens with zero attached hydrogens (tertiary/aromatic N) is 2. The Bertz CT molecular complexity index is 4180. The fourth-order valence-corrected chi connectivity index (χ4v) is 15.4. The molecule has 0 bridgehead atoms. The first kappa shape index (κ1) is 38.3. The number of anilines is 6. The number of fused-ring (bicyclic) bond motifs is 18. The summed E-state index contributed by atoms with van der Waals surface area (Å²) in [7, 11) is 0. The second-order valence-electron chi connectivity index (χ2n) is 17.9. The van der Waals surface area contributed by atoms with Crippen molar-refractivity contribution < 1.29 is 0 Å². The minimum Gasteiger partial charge on any atom is -0.310 e. The molecule has 3 aromatic heterocycles. The molecular weight excluding hydrogens is 881 g/mol. The molecule has 2 aliphatic rings. The Balaban J connectivity index is 0.981. The van der Waals surface area contributed by atoms with Gasteiger partial charge in [0.2, 0.25) is 0 Å². The average Bonchev–Trinajstić information content (AvgIpc) is 4.20. The number of rotatable bonds is 6. The molecule has 13 aromatic rings. The highest BCUT2D eigenvalue weighted by atomic mass is 32.1. The summed E-state index contributed by atoms with van der Waals surface area (Å²) < 4.78 is 6.53. The van der Waals surface area contributed by atoms with E-state index in [1.807, 2.05) is 34.0 Å². The van der Waals surface area contributed by atoms with Crippen molar-refractivity contribution in [3.05, 3.63) is 252 Å². The zero-order chi connectivity index (χ0) is 44.5. The number of hydrogen-bond donors (Lipinski definition) is 0. The van der Waals surface area contributed by atoms with Gasteiger partial charge < -0.3 is 9.80 Å². The molecule has 0 N–H and O–H groups in total. The van der Waals surface area contributed by atoms with Crippen molar-refractivity contribution in [2.75, 3.05) is 9.80 Å². The van der Waals surface area contributed by atoms with Gasteiger partial charge in [-0.05, 0) is 124 Å². The average molecular weight is 919 g/mol. The van der Waals surface area contributed by atoms with Crippen molar-refractivity contribution in [2.45, 2.75) is 5.41 Å². The summed E-state index contributed by atoms with van der Waals surface area (Å²) in [5.74, 6) is 0. The first-order chi connectivity index (χ1) is 33.7. The van der Waals surface area contributed by atoms with E-state index in [2.05, 4.69) is 240 Å². The van der Waals surface area contributed by atoms with Crippen molar-refractivity contribution >= 4 is 119 Å². The molecule has 2 nitrogen and oxygen atoms in total. The van der Waals surface area contributed by atoms with Crippen LogP contribution in [-0.4, -0.2) is 0 Å². The van der Waals surface area contributed by atoms with Crippen LogP contribution < -0.4 is 9.80 Å². The van der Waals surface area contributed by atoms with Crippen LogP contribution in [0.4, 0.5) is 34.1 Å². The number of benzene rings is 10. The molecule has 0 amide bonds. The Morgan fingerprint density at radius 2 is 0.853 bits per heavy atom. The number of hydrogen-bond acceptors (Lipinski definition) is 5. The lowest BCUT2D eigenvalue weighted by Gasteiger charge is -2.32. The fourth-order valence-electron chi connectivity index (χ4n) is 11.6. The van der Waals surface area contributed by atoms with E-state index in [0.29, 0.717) is 0 Å². The third kappa shape index (κ3) is 5.32. The topological polar surface area (TPSA) is 6.48 Å². The Hall–Kier alpha value is -7.80. The Morgan fingerprint density at radius 1 is 0.294 bits per heavy atom. The van der Waals surface area contributed by atoms with E-state index < -0.39 is 5.41 Å². The van der Waals surface area contributed by atoms with Crippen LogP contribution in [-0.2, 0) is 5.41 Å². The summed E-state index contributed by atoms with van der Waals surface area (Å²) in [5, 5.41) is 6.51. The van der Waals surface area contributed by atoms with Crippen LogP contribution in [0.5, 0.6) is 0 Å². The normalized spacial score (nSPS) is 14.5. The van der Waals surface area contributed by atoms with Gasteiger partial charge in [-0.15, -0.1) is 34.0 Å². The van der Waals surface area contributed by atoms with Gasteiger partial charge in [-0.3, -0.25) is 0 Å². The van der Waals surface area contributed by atoms with Gasteiger partial charge in [0.05, 0.1) is 15.8 Å². The summed E-state index contributed by atoms with van der Waals surface area (Å²) in [6.07, 6.45) is 0. The van der Waals surface area contributed by atoms with E-state index in [4.69, 9.17) is 0 Å². The molecule has 2 aliphatic carbocycles. The smallest absolute Gasteiger partial charge is 0.0820 e. The minimum atomic E-state index is -0.535. The maximum atomic E-state index is 2.53. The standard InChI is InChI=1S/C63H38N2S3/c1-3-16-39(17-4-1)64(42-32-35-59-51(37-42)46-22-9-12-27-56(46)66-59)41-31-34-53-50(36-41)44-20-7-11-25-52(44)63(53)54-38-43(30-33-48(54)60-49-23-10-14-29-58(49)68-62(60)63)65(40-18-5-2-6-19-40)55-26-15-24-47-45-21-8-13-28-57(45)67-61(47)55/h1-38H. The zero-order valence-corrected chi connectivity index (χ0v) is 39.0.